The number of anilines is 1. The molecule has 0 unspecified atom stereocenters. The van der Waals surface area contributed by atoms with Gasteiger partial charge in [-0.15, -0.1) is 0 Å². The minimum absolute atomic E-state index is 0.338. The quantitative estimate of drug-likeness (QED) is 0.551. The van der Waals surface area contributed by atoms with Crippen LogP contribution in [0.4, 0.5) is 5.82 Å². The molecule has 0 N–H and O–H groups in total. The molecule has 0 aliphatic rings. The normalized spacial score (nSPS) is 10.6. The first-order valence-corrected chi connectivity index (χ1v) is 7.89. The standard InChI is InChI=1S/C19H22N2O3/c1-3-23-19(22)12-9-16-7-10-17(11-8-16)24-15-14-21(2)18-6-4-5-13-20-18/h4-13H,3,14-15H2,1-2H3/b12-9+. The number of carbonyl (C=O) groups is 1. The summed E-state index contributed by atoms with van der Waals surface area (Å²) in [5, 5.41) is 0. The maximum absolute atomic E-state index is 11.3. The zero-order chi connectivity index (χ0) is 17.2. The monoisotopic (exact) mass is 326 g/mol. The third-order valence-electron chi connectivity index (χ3n) is 3.31. The van der Waals surface area contributed by atoms with Crippen molar-refractivity contribution in [1.82, 2.24) is 4.98 Å². The number of hydrogen-bond acceptors (Lipinski definition) is 5. The Hall–Kier alpha value is -2.82. The Labute approximate surface area is 142 Å². The Bertz CT molecular complexity index is 654. The summed E-state index contributed by atoms with van der Waals surface area (Å²) in [5.41, 5.74) is 0.918. The summed E-state index contributed by atoms with van der Waals surface area (Å²) in [6, 6.07) is 13.4. The van der Waals surface area contributed by atoms with Crippen molar-refractivity contribution in [3.8, 4) is 5.75 Å². The summed E-state index contributed by atoms with van der Waals surface area (Å²) in [5.74, 6) is 1.37. The third-order valence-corrected chi connectivity index (χ3v) is 3.31. The molecule has 0 saturated carbocycles. The number of rotatable bonds is 8. The van der Waals surface area contributed by atoms with Gasteiger partial charge in [0.2, 0.25) is 0 Å². The molecule has 1 aromatic heterocycles. The molecule has 0 fully saturated rings. The molecular weight excluding hydrogens is 304 g/mol. The predicted molar refractivity (Wildman–Crippen MR) is 95.1 cm³/mol. The Kier molecular flexibility index (Phi) is 6.83. The van der Waals surface area contributed by atoms with Gasteiger partial charge in [0.25, 0.3) is 0 Å². The molecule has 0 atom stereocenters. The molecule has 5 heteroatoms. The molecular formula is C19H22N2O3. The number of ether oxygens (including phenoxy) is 2. The highest BCUT2D eigenvalue weighted by molar-refractivity contribution is 5.87. The number of nitrogens with zero attached hydrogens (tertiary/aromatic N) is 2. The van der Waals surface area contributed by atoms with Crippen molar-refractivity contribution in [2.24, 2.45) is 0 Å². The average molecular weight is 326 g/mol. The highest BCUT2D eigenvalue weighted by atomic mass is 16.5. The van der Waals surface area contributed by atoms with Crippen LogP contribution in [0.1, 0.15) is 12.5 Å². The molecule has 5 nitrogen and oxygen atoms in total. The predicted octanol–water partition coefficient (Wildman–Crippen LogP) is 3.17. The highest BCUT2D eigenvalue weighted by Gasteiger charge is 2.01. The van der Waals surface area contributed by atoms with Crippen LogP contribution in [-0.4, -0.2) is 37.8 Å². The van der Waals surface area contributed by atoms with Crippen molar-refractivity contribution in [2.75, 3.05) is 31.7 Å². The number of esters is 1. The van der Waals surface area contributed by atoms with Crippen LogP contribution >= 0.6 is 0 Å². The SMILES string of the molecule is CCOC(=O)/C=C/c1ccc(OCCN(C)c2ccccn2)cc1. The van der Waals surface area contributed by atoms with Crippen molar-refractivity contribution in [2.45, 2.75) is 6.92 Å². The van der Waals surface area contributed by atoms with Gasteiger partial charge in [0.1, 0.15) is 18.2 Å². The molecule has 24 heavy (non-hydrogen) atoms. The molecule has 0 saturated heterocycles. The van der Waals surface area contributed by atoms with E-state index in [4.69, 9.17) is 9.47 Å². The summed E-state index contributed by atoms with van der Waals surface area (Å²) in [6.45, 7) is 3.46. The van der Waals surface area contributed by atoms with Crippen LogP contribution < -0.4 is 9.64 Å². The number of pyridine rings is 1. The van der Waals surface area contributed by atoms with Crippen LogP contribution in [-0.2, 0) is 9.53 Å². The average Bonchev–Trinajstić information content (AvgIpc) is 2.62. The maximum Gasteiger partial charge on any atom is 0.330 e. The van der Waals surface area contributed by atoms with E-state index in [0.717, 1.165) is 23.7 Å². The third kappa shape index (κ3) is 5.76. The van der Waals surface area contributed by atoms with Crippen LogP contribution in [0.2, 0.25) is 0 Å². The molecule has 0 amide bonds. The minimum atomic E-state index is -0.338. The first kappa shape index (κ1) is 17.5. The van der Waals surface area contributed by atoms with Crippen molar-refractivity contribution < 1.29 is 14.3 Å². The van der Waals surface area contributed by atoms with Crippen LogP contribution in [0.15, 0.2) is 54.7 Å². The van der Waals surface area contributed by atoms with Gasteiger partial charge in [0, 0.05) is 19.3 Å². The van der Waals surface area contributed by atoms with E-state index >= 15 is 0 Å². The second kappa shape index (κ2) is 9.35. The summed E-state index contributed by atoms with van der Waals surface area (Å²) >= 11 is 0. The van der Waals surface area contributed by atoms with E-state index in [1.54, 1.807) is 19.2 Å². The number of hydrogen-bond donors (Lipinski definition) is 0. The van der Waals surface area contributed by atoms with Crippen LogP contribution in [0.5, 0.6) is 5.75 Å². The lowest BCUT2D eigenvalue weighted by atomic mass is 10.2. The molecule has 0 aliphatic heterocycles. The van der Waals surface area contributed by atoms with Gasteiger partial charge in [0.05, 0.1) is 13.2 Å². The van der Waals surface area contributed by atoms with E-state index in [9.17, 15) is 4.79 Å². The van der Waals surface area contributed by atoms with E-state index in [2.05, 4.69) is 4.98 Å². The first-order chi connectivity index (χ1) is 11.7. The number of benzene rings is 1. The summed E-state index contributed by atoms with van der Waals surface area (Å²) in [6.07, 6.45) is 4.91. The largest absolute Gasteiger partial charge is 0.492 e. The topological polar surface area (TPSA) is 51.7 Å². The van der Waals surface area contributed by atoms with E-state index in [1.165, 1.54) is 6.08 Å². The van der Waals surface area contributed by atoms with Gasteiger partial charge >= 0.3 is 5.97 Å². The Morgan fingerprint density at radius 3 is 2.67 bits per heavy atom. The number of aromatic nitrogens is 1. The molecule has 1 heterocycles. The Morgan fingerprint density at radius 2 is 2.00 bits per heavy atom. The van der Waals surface area contributed by atoms with Crippen molar-refractivity contribution in [3.63, 3.8) is 0 Å². The summed E-state index contributed by atoms with van der Waals surface area (Å²) < 4.78 is 10.6. The highest BCUT2D eigenvalue weighted by Crippen LogP contribution is 2.14. The van der Waals surface area contributed by atoms with Crippen molar-refractivity contribution in [1.29, 1.82) is 0 Å². The van der Waals surface area contributed by atoms with Gasteiger partial charge in [-0.2, -0.15) is 0 Å². The fraction of sp³-hybridized carbons (Fsp3) is 0.263. The minimum Gasteiger partial charge on any atom is -0.492 e. The molecule has 0 bridgehead atoms. The number of carbonyl (C=O) groups excluding carboxylic acids is 1. The Balaban J connectivity index is 1.78. The van der Waals surface area contributed by atoms with E-state index in [1.807, 2.05) is 54.4 Å². The molecule has 2 aromatic rings. The lowest BCUT2D eigenvalue weighted by molar-refractivity contribution is -0.137. The van der Waals surface area contributed by atoms with Gasteiger partial charge < -0.3 is 14.4 Å². The van der Waals surface area contributed by atoms with E-state index in [-0.39, 0.29) is 5.97 Å². The lowest BCUT2D eigenvalue weighted by Crippen LogP contribution is -2.24. The molecule has 2 rings (SSSR count). The summed E-state index contributed by atoms with van der Waals surface area (Å²) in [7, 11) is 1.98. The first-order valence-electron chi connectivity index (χ1n) is 7.89. The van der Waals surface area contributed by atoms with Gasteiger partial charge in [-0.1, -0.05) is 18.2 Å². The van der Waals surface area contributed by atoms with Gasteiger partial charge in [0.15, 0.2) is 0 Å². The fourth-order valence-corrected chi connectivity index (χ4v) is 2.02. The van der Waals surface area contributed by atoms with Crippen LogP contribution in [0, 0.1) is 0 Å². The van der Waals surface area contributed by atoms with E-state index in [0.29, 0.717) is 13.2 Å². The smallest absolute Gasteiger partial charge is 0.330 e. The molecule has 0 spiro atoms. The fourth-order valence-electron chi connectivity index (χ4n) is 2.02. The zero-order valence-electron chi connectivity index (χ0n) is 14.0. The van der Waals surface area contributed by atoms with Gasteiger partial charge in [-0.05, 0) is 42.8 Å². The van der Waals surface area contributed by atoms with Crippen LogP contribution in [0.3, 0.4) is 0 Å². The van der Waals surface area contributed by atoms with Gasteiger partial charge in [-0.25, -0.2) is 9.78 Å². The zero-order valence-corrected chi connectivity index (χ0v) is 14.0. The van der Waals surface area contributed by atoms with Crippen molar-refractivity contribution in [3.05, 3.63) is 60.3 Å². The van der Waals surface area contributed by atoms with E-state index < -0.39 is 0 Å². The number of likely N-dealkylation sites (N-methyl/N-ethyl adjacent to an activating group) is 1. The molecule has 0 aliphatic carbocycles. The van der Waals surface area contributed by atoms with Crippen molar-refractivity contribution >= 4 is 17.9 Å². The molecule has 1 aromatic carbocycles. The molecule has 126 valence electrons. The lowest BCUT2D eigenvalue weighted by Gasteiger charge is -2.18. The molecule has 0 radical (unpaired) electrons. The maximum atomic E-state index is 11.3. The Morgan fingerprint density at radius 1 is 1.21 bits per heavy atom. The summed E-state index contributed by atoms with van der Waals surface area (Å²) in [4.78, 5) is 17.6. The van der Waals surface area contributed by atoms with Gasteiger partial charge in [-0.3, -0.25) is 0 Å². The second-order valence-corrected chi connectivity index (χ2v) is 5.11. The second-order valence-electron chi connectivity index (χ2n) is 5.11. The van der Waals surface area contributed by atoms with Crippen LogP contribution in [0.25, 0.3) is 6.08 Å².